The van der Waals surface area contributed by atoms with Crippen molar-refractivity contribution in [1.29, 1.82) is 0 Å². The third kappa shape index (κ3) is 7.56. The fourth-order valence-corrected chi connectivity index (χ4v) is 2.80. The summed E-state index contributed by atoms with van der Waals surface area (Å²) in [5, 5.41) is 13.3. The van der Waals surface area contributed by atoms with E-state index < -0.39 is 5.60 Å². The second-order valence-corrected chi connectivity index (χ2v) is 6.08. The molecular weight excluding hydrogens is 238 g/mol. The fraction of sp³-hybridized carbons (Fsp3) is 0.938. The van der Waals surface area contributed by atoms with E-state index in [0.29, 0.717) is 13.0 Å². The molecule has 1 fully saturated rings. The first-order valence-corrected chi connectivity index (χ1v) is 8.15. The highest BCUT2D eigenvalue weighted by atomic mass is 16.3. The van der Waals surface area contributed by atoms with E-state index in [4.69, 9.17) is 0 Å². The van der Waals surface area contributed by atoms with Gasteiger partial charge in [0, 0.05) is 13.0 Å². The zero-order chi connectivity index (χ0) is 14.0. The van der Waals surface area contributed by atoms with Gasteiger partial charge >= 0.3 is 0 Å². The maximum atomic E-state index is 11.7. The van der Waals surface area contributed by atoms with Crippen LogP contribution in [-0.2, 0) is 4.79 Å². The van der Waals surface area contributed by atoms with Crippen molar-refractivity contribution < 1.29 is 9.90 Å². The Morgan fingerprint density at radius 3 is 2.32 bits per heavy atom. The zero-order valence-electron chi connectivity index (χ0n) is 12.5. The molecule has 3 nitrogen and oxygen atoms in total. The van der Waals surface area contributed by atoms with Gasteiger partial charge in [0.1, 0.15) is 0 Å². The lowest BCUT2D eigenvalue weighted by Gasteiger charge is -2.26. The maximum Gasteiger partial charge on any atom is 0.220 e. The molecule has 0 atom stereocenters. The topological polar surface area (TPSA) is 49.3 Å². The van der Waals surface area contributed by atoms with E-state index in [1.807, 2.05) is 0 Å². The van der Waals surface area contributed by atoms with Crippen LogP contribution in [0.15, 0.2) is 0 Å². The summed E-state index contributed by atoms with van der Waals surface area (Å²) in [5.74, 6) is 0.106. The molecular formula is C16H31NO2. The molecule has 112 valence electrons. The number of aliphatic hydroxyl groups is 1. The summed E-state index contributed by atoms with van der Waals surface area (Å²) in [6.45, 7) is 2.64. The third-order valence-corrected chi connectivity index (χ3v) is 4.16. The minimum atomic E-state index is -0.644. The van der Waals surface area contributed by atoms with Crippen LogP contribution >= 0.6 is 0 Å². The molecule has 1 rings (SSSR count). The van der Waals surface area contributed by atoms with E-state index in [1.165, 1.54) is 32.1 Å². The van der Waals surface area contributed by atoms with Gasteiger partial charge in [-0.05, 0) is 19.3 Å². The average Bonchev–Trinajstić information content (AvgIpc) is 2.62. The van der Waals surface area contributed by atoms with Crippen molar-refractivity contribution in [2.75, 3.05) is 6.54 Å². The van der Waals surface area contributed by atoms with E-state index in [-0.39, 0.29) is 5.91 Å². The van der Waals surface area contributed by atoms with Crippen LogP contribution in [0.2, 0.25) is 0 Å². The van der Waals surface area contributed by atoms with Crippen molar-refractivity contribution in [3.8, 4) is 0 Å². The van der Waals surface area contributed by atoms with Gasteiger partial charge in [0.05, 0.1) is 5.60 Å². The summed E-state index contributed by atoms with van der Waals surface area (Å²) in [5.41, 5.74) is -0.644. The molecule has 1 aliphatic carbocycles. The average molecular weight is 269 g/mol. The van der Waals surface area contributed by atoms with Crippen LogP contribution in [0.1, 0.15) is 84.0 Å². The molecule has 0 spiro atoms. The van der Waals surface area contributed by atoms with Crippen molar-refractivity contribution in [2.24, 2.45) is 0 Å². The van der Waals surface area contributed by atoms with Gasteiger partial charge in [0.2, 0.25) is 5.91 Å². The van der Waals surface area contributed by atoms with Crippen LogP contribution in [0.4, 0.5) is 0 Å². The summed E-state index contributed by atoms with van der Waals surface area (Å²) in [7, 11) is 0. The van der Waals surface area contributed by atoms with Crippen LogP contribution in [0.25, 0.3) is 0 Å². The molecule has 0 saturated heterocycles. The first-order chi connectivity index (χ1) is 9.16. The molecule has 0 unspecified atom stereocenters. The second-order valence-electron chi connectivity index (χ2n) is 6.08. The van der Waals surface area contributed by atoms with Crippen LogP contribution < -0.4 is 5.32 Å². The van der Waals surface area contributed by atoms with E-state index in [1.54, 1.807) is 0 Å². The maximum absolute atomic E-state index is 11.7. The SMILES string of the molecule is CCCCCCCC(=O)NCC1(O)CCCCCC1. The van der Waals surface area contributed by atoms with Gasteiger partial charge < -0.3 is 10.4 Å². The van der Waals surface area contributed by atoms with Gasteiger partial charge in [-0.2, -0.15) is 0 Å². The van der Waals surface area contributed by atoms with Gasteiger partial charge in [0.25, 0.3) is 0 Å². The van der Waals surface area contributed by atoms with Crippen LogP contribution in [0.3, 0.4) is 0 Å². The lowest BCUT2D eigenvalue weighted by atomic mass is 9.94. The van der Waals surface area contributed by atoms with Crippen molar-refractivity contribution in [3.63, 3.8) is 0 Å². The lowest BCUT2D eigenvalue weighted by Crippen LogP contribution is -2.42. The molecule has 2 N–H and O–H groups in total. The highest BCUT2D eigenvalue weighted by molar-refractivity contribution is 5.75. The number of unbranched alkanes of at least 4 members (excludes halogenated alkanes) is 4. The number of amides is 1. The minimum Gasteiger partial charge on any atom is -0.388 e. The number of carbonyl (C=O) groups excluding carboxylic acids is 1. The Kier molecular flexibility index (Phi) is 8.11. The number of rotatable bonds is 8. The number of hydrogen-bond donors (Lipinski definition) is 2. The van der Waals surface area contributed by atoms with E-state index in [0.717, 1.165) is 38.5 Å². The highest BCUT2D eigenvalue weighted by Crippen LogP contribution is 2.26. The molecule has 1 amide bonds. The Bertz CT molecular complexity index is 245. The van der Waals surface area contributed by atoms with Gasteiger partial charge in [-0.25, -0.2) is 0 Å². The second kappa shape index (κ2) is 9.35. The molecule has 0 aromatic carbocycles. The molecule has 1 saturated carbocycles. The predicted molar refractivity (Wildman–Crippen MR) is 79.0 cm³/mol. The lowest BCUT2D eigenvalue weighted by molar-refractivity contribution is -0.122. The summed E-state index contributed by atoms with van der Waals surface area (Å²) in [4.78, 5) is 11.7. The van der Waals surface area contributed by atoms with Crippen LogP contribution in [0, 0.1) is 0 Å². The first kappa shape index (κ1) is 16.5. The van der Waals surface area contributed by atoms with Crippen molar-refractivity contribution in [2.45, 2.75) is 89.6 Å². The van der Waals surface area contributed by atoms with Gasteiger partial charge in [-0.1, -0.05) is 58.3 Å². The van der Waals surface area contributed by atoms with Crippen molar-refractivity contribution >= 4 is 5.91 Å². The molecule has 19 heavy (non-hydrogen) atoms. The molecule has 3 heteroatoms. The molecule has 0 heterocycles. The minimum absolute atomic E-state index is 0.106. The van der Waals surface area contributed by atoms with Gasteiger partial charge in [-0.3, -0.25) is 4.79 Å². The standard InChI is InChI=1S/C16H31NO2/c1-2-3-4-5-8-11-15(18)17-14-16(19)12-9-6-7-10-13-16/h19H,2-14H2,1H3,(H,17,18). The van der Waals surface area contributed by atoms with Crippen molar-refractivity contribution in [1.82, 2.24) is 5.32 Å². The largest absolute Gasteiger partial charge is 0.388 e. The van der Waals surface area contributed by atoms with E-state index in [2.05, 4.69) is 12.2 Å². The summed E-state index contributed by atoms with van der Waals surface area (Å²) in [6, 6.07) is 0. The predicted octanol–water partition coefficient (Wildman–Crippen LogP) is 3.55. The summed E-state index contributed by atoms with van der Waals surface area (Å²) in [6.07, 6.45) is 12.7. The zero-order valence-corrected chi connectivity index (χ0v) is 12.5. The van der Waals surface area contributed by atoms with Crippen molar-refractivity contribution in [3.05, 3.63) is 0 Å². The molecule has 0 aromatic rings. The fourth-order valence-electron chi connectivity index (χ4n) is 2.80. The Morgan fingerprint density at radius 1 is 1.05 bits per heavy atom. The molecule has 1 aliphatic rings. The molecule has 0 aliphatic heterocycles. The number of nitrogens with one attached hydrogen (secondary N) is 1. The Morgan fingerprint density at radius 2 is 1.68 bits per heavy atom. The normalized spacial score (nSPS) is 18.8. The Labute approximate surface area is 118 Å². The van der Waals surface area contributed by atoms with Crippen LogP contribution in [0.5, 0.6) is 0 Å². The smallest absolute Gasteiger partial charge is 0.220 e. The highest BCUT2D eigenvalue weighted by Gasteiger charge is 2.28. The monoisotopic (exact) mass is 269 g/mol. The molecule has 0 radical (unpaired) electrons. The van der Waals surface area contributed by atoms with Gasteiger partial charge in [0.15, 0.2) is 0 Å². The quantitative estimate of drug-likeness (QED) is 0.523. The summed E-state index contributed by atoms with van der Waals surface area (Å²) >= 11 is 0. The van der Waals surface area contributed by atoms with Gasteiger partial charge in [-0.15, -0.1) is 0 Å². The first-order valence-electron chi connectivity index (χ1n) is 8.15. The third-order valence-electron chi connectivity index (χ3n) is 4.16. The van der Waals surface area contributed by atoms with E-state index in [9.17, 15) is 9.90 Å². The number of carbonyl (C=O) groups is 1. The summed E-state index contributed by atoms with van der Waals surface area (Å²) < 4.78 is 0. The van der Waals surface area contributed by atoms with Crippen LogP contribution in [-0.4, -0.2) is 23.2 Å². The Balaban J connectivity index is 2.11. The van der Waals surface area contributed by atoms with E-state index >= 15 is 0 Å². The Hall–Kier alpha value is -0.570. The number of hydrogen-bond acceptors (Lipinski definition) is 2. The molecule has 0 bridgehead atoms. The molecule has 0 aromatic heterocycles.